The first-order valence-electron chi connectivity index (χ1n) is 6.54. The maximum absolute atomic E-state index is 11.7. The van der Waals surface area contributed by atoms with Gasteiger partial charge in [0, 0.05) is 6.04 Å². The van der Waals surface area contributed by atoms with Crippen LogP contribution in [0.2, 0.25) is 0 Å². The summed E-state index contributed by atoms with van der Waals surface area (Å²) in [6.45, 7) is 0. The van der Waals surface area contributed by atoms with E-state index in [2.05, 4.69) is 10.6 Å². The number of fused-ring (bicyclic) bond motifs is 2. The predicted octanol–water partition coefficient (Wildman–Crippen LogP) is -0.197. The molecule has 19 heavy (non-hydrogen) atoms. The van der Waals surface area contributed by atoms with Crippen molar-refractivity contribution >= 4 is 17.9 Å². The van der Waals surface area contributed by atoms with Crippen LogP contribution in [0, 0.1) is 11.8 Å². The van der Waals surface area contributed by atoms with Crippen LogP contribution in [0.1, 0.15) is 32.1 Å². The lowest BCUT2D eigenvalue weighted by atomic mass is 9.95. The Morgan fingerprint density at radius 3 is 2.47 bits per heavy atom. The third kappa shape index (κ3) is 3.36. The molecule has 2 aliphatic carbocycles. The molecule has 2 fully saturated rings. The number of rotatable bonds is 5. The van der Waals surface area contributed by atoms with E-state index in [1.54, 1.807) is 0 Å². The summed E-state index contributed by atoms with van der Waals surface area (Å²) in [7, 11) is 0. The van der Waals surface area contributed by atoms with Gasteiger partial charge in [0.1, 0.15) is 6.04 Å². The van der Waals surface area contributed by atoms with Gasteiger partial charge in [-0.3, -0.25) is 4.79 Å². The SMILES string of the molecule is NC(=O)CC(NC(=O)NC1CC2CCC1C2)C(=O)O. The zero-order valence-corrected chi connectivity index (χ0v) is 10.6. The monoisotopic (exact) mass is 269 g/mol. The summed E-state index contributed by atoms with van der Waals surface area (Å²) >= 11 is 0. The van der Waals surface area contributed by atoms with Crippen molar-refractivity contribution in [2.45, 2.75) is 44.2 Å². The number of carboxylic acids is 1. The molecule has 7 heteroatoms. The number of hydrogen-bond acceptors (Lipinski definition) is 3. The quantitative estimate of drug-likeness (QED) is 0.552. The van der Waals surface area contributed by atoms with Gasteiger partial charge in [0.25, 0.3) is 0 Å². The second kappa shape index (κ2) is 5.46. The number of nitrogens with one attached hydrogen (secondary N) is 2. The van der Waals surface area contributed by atoms with Gasteiger partial charge in [-0.05, 0) is 31.1 Å². The zero-order valence-electron chi connectivity index (χ0n) is 10.6. The van der Waals surface area contributed by atoms with E-state index in [4.69, 9.17) is 10.8 Å². The molecular formula is C12H19N3O4. The van der Waals surface area contributed by atoms with E-state index < -0.39 is 30.4 Å². The van der Waals surface area contributed by atoms with Crippen LogP contribution in [0.4, 0.5) is 4.79 Å². The van der Waals surface area contributed by atoms with Crippen LogP contribution in [-0.4, -0.2) is 35.1 Å². The number of hydrogen-bond donors (Lipinski definition) is 4. The average molecular weight is 269 g/mol. The molecule has 0 aromatic rings. The van der Waals surface area contributed by atoms with Crippen LogP contribution in [0.15, 0.2) is 0 Å². The molecule has 5 N–H and O–H groups in total. The molecule has 0 aromatic carbocycles. The molecule has 2 saturated carbocycles. The van der Waals surface area contributed by atoms with Crippen molar-refractivity contribution in [3.05, 3.63) is 0 Å². The van der Waals surface area contributed by atoms with Gasteiger partial charge < -0.3 is 21.5 Å². The molecule has 2 bridgehead atoms. The fourth-order valence-electron chi connectivity index (χ4n) is 3.19. The largest absolute Gasteiger partial charge is 0.480 e. The fraction of sp³-hybridized carbons (Fsp3) is 0.750. The van der Waals surface area contributed by atoms with Gasteiger partial charge in [-0.25, -0.2) is 9.59 Å². The Labute approximate surface area is 110 Å². The zero-order chi connectivity index (χ0) is 14.0. The molecule has 0 saturated heterocycles. The first kappa shape index (κ1) is 13.6. The molecule has 7 nitrogen and oxygen atoms in total. The third-order valence-electron chi connectivity index (χ3n) is 4.06. The molecule has 0 radical (unpaired) electrons. The highest BCUT2D eigenvalue weighted by molar-refractivity contribution is 5.87. The van der Waals surface area contributed by atoms with Crippen LogP contribution in [-0.2, 0) is 9.59 Å². The van der Waals surface area contributed by atoms with Crippen LogP contribution in [0.5, 0.6) is 0 Å². The molecule has 0 aromatic heterocycles. The minimum atomic E-state index is -1.27. The van der Waals surface area contributed by atoms with E-state index in [0.29, 0.717) is 11.8 Å². The number of urea groups is 1. The normalized spacial score (nSPS) is 29.8. The van der Waals surface area contributed by atoms with Gasteiger partial charge in [0.05, 0.1) is 6.42 Å². The van der Waals surface area contributed by atoms with E-state index in [0.717, 1.165) is 19.3 Å². The molecule has 0 heterocycles. The maximum atomic E-state index is 11.7. The Hall–Kier alpha value is -1.79. The smallest absolute Gasteiger partial charge is 0.326 e. The Morgan fingerprint density at radius 2 is 2.00 bits per heavy atom. The van der Waals surface area contributed by atoms with Crippen molar-refractivity contribution < 1.29 is 19.5 Å². The summed E-state index contributed by atoms with van der Waals surface area (Å²) in [6, 6.07) is -1.68. The Bertz CT molecular complexity index is 398. The van der Waals surface area contributed by atoms with E-state index in [-0.39, 0.29) is 6.04 Å². The van der Waals surface area contributed by atoms with Crippen molar-refractivity contribution in [1.29, 1.82) is 0 Å². The number of primary amides is 1. The minimum Gasteiger partial charge on any atom is -0.480 e. The number of carbonyl (C=O) groups is 3. The molecule has 4 atom stereocenters. The van der Waals surface area contributed by atoms with Crippen molar-refractivity contribution in [3.8, 4) is 0 Å². The summed E-state index contributed by atoms with van der Waals surface area (Å²) in [6.07, 6.45) is 4.06. The number of nitrogens with two attached hydrogens (primary N) is 1. The number of carbonyl (C=O) groups excluding carboxylic acids is 2. The molecule has 0 aliphatic heterocycles. The second-order valence-corrected chi connectivity index (χ2v) is 5.46. The maximum Gasteiger partial charge on any atom is 0.326 e. The van der Waals surface area contributed by atoms with E-state index in [1.807, 2.05) is 0 Å². The van der Waals surface area contributed by atoms with E-state index in [9.17, 15) is 14.4 Å². The van der Waals surface area contributed by atoms with Gasteiger partial charge in [0.15, 0.2) is 0 Å². The number of carboxylic acid groups (broad SMARTS) is 1. The van der Waals surface area contributed by atoms with Crippen molar-refractivity contribution in [3.63, 3.8) is 0 Å². The van der Waals surface area contributed by atoms with Gasteiger partial charge in [0.2, 0.25) is 5.91 Å². The van der Waals surface area contributed by atoms with Gasteiger partial charge in [-0.15, -0.1) is 0 Å². The standard InChI is InChI=1S/C12H19N3O4/c13-10(16)5-9(11(17)18)15-12(19)14-8-4-6-1-2-7(8)3-6/h6-9H,1-5H2,(H2,13,16)(H,17,18)(H2,14,15,19). The summed E-state index contributed by atoms with van der Waals surface area (Å²) in [5.41, 5.74) is 4.95. The molecular weight excluding hydrogens is 250 g/mol. The third-order valence-corrected chi connectivity index (χ3v) is 4.06. The van der Waals surface area contributed by atoms with Crippen molar-refractivity contribution in [1.82, 2.24) is 10.6 Å². The average Bonchev–Trinajstić information content (AvgIpc) is 2.89. The Morgan fingerprint density at radius 1 is 1.26 bits per heavy atom. The molecule has 2 aliphatic rings. The summed E-state index contributed by atoms with van der Waals surface area (Å²) < 4.78 is 0. The number of amides is 3. The predicted molar refractivity (Wildman–Crippen MR) is 66.1 cm³/mol. The van der Waals surface area contributed by atoms with Crippen molar-refractivity contribution in [2.24, 2.45) is 17.6 Å². The molecule has 4 unspecified atom stereocenters. The molecule has 0 spiro atoms. The van der Waals surface area contributed by atoms with Gasteiger partial charge in [-0.1, -0.05) is 6.42 Å². The Balaban J connectivity index is 1.82. The molecule has 3 amide bonds. The lowest BCUT2D eigenvalue weighted by molar-refractivity contribution is -0.140. The van der Waals surface area contributed by atoms with Crippen LogP contribution >= 0.6 is 0 Å². The summed E-state index contributed by atoms with van der Waals surface area (Å²) in [5.74, 6) is -0.819. The van der Waals surface area contributed by atoms with Gasteiger partial charge >= 0.3 is 12.0 Å². The lowest BCUT2D eigenvalue weighted by Crippen LogP contribution is -2.51. The summed E-state index contributed by atoms with van der Waals surface area (Å²) in [5, 5.41) is 14.0. The van der Waals surface area contributed by atoms with Crippen LogP contribution in [0.3, 0.4) is 0 Å². The molecule has 106 valence electrons. The number of aliphatic carboxylic acids is 1. The highest BCUT2D eigenvalue weighted by Gasteiger charge is 2.40. The minimum absolute atomic E-state index is 0.127. The highest BCUT2D eigenvalue weighted by Crippen LogP contribution is 2.44. The van der Waals surface area contributed by atoms with E-state index >= 15 is 0 Å². The Kier molecular flexibility index (Phi) is 3.92. The molecule has 2 rings (SSSR count). The summed E-state index contributed by atoms with van der Waals surface area (Å²) in [4.78, 5) is 33.4. The first-order valence-corrected chi connectivity index (χ1v) is 6.54. The first-order chi connectivity index (χ1) is 8.95. The lowest BCUT2D eigenvalue weighted by Gasteiger charge is -2.24. The van der Waals surface area contributed by atoms with Crippen LogP contribution in [0.25, 0.3) is 0 Å². The highest BCUT2D eigenvalue weighted by atomic mass is 16.4. The fourth-order valence-corrected chi connectivity index (χ4v) is 3.19. The van der Waals surface area contributed by atoms with E-state index in [1.165, 1.54) is 6.42 Å². The second-order valence-electron chi connectivity index (χ2n) is 5.46. The van der Waals surface area contributed by atoms with Gasteiger partial charge in [-0.2, -0.15) is 0 Å². The van der Waals surface area contributed by atoms with Crippen LogP contribution < -0.4 is 16.4 Å². The topological polar surface area (TPSA) is 122 Å². The van der Waals surface area contributed by atoms with Crippen molar-refractivity contribution in [2.75, 3.05) is 0 Å².